The van der Waals surface area contributed by atoms with Gasteiger partial charge in [0.15, 0.2) is 0 Å². The molecule has 0 fully saturated rings. The van der Waals surface area contributed by atoms with Gasteiger partial charge in [0.25, 0.3) is 0 Å². The summed E-state index contributed by atoms with van der Waals surface area (Å²) in [7, 11) is 0. The fourth-order valence-electron chi connectivity index (χ4n) is 0. The first-order valence-electron chi connectivity index (χ1n) is 0.781. The van der Waals surface area contributed by atoms with Gasteiger partial charge in [-0.15, -0.1) is 0 Å². The van der Waals surface area contributed by atoms with Crippen LogP contribution < -0.4 is 36.3 Å². The number of hydrogen-bond donors (Lipinski definition) is 2. The van der Waals surface area contributed by atoms with E-state index >= 15 is 0 Å². The molecule has 0 rings (SSSR count). The maximum atomic E-state index is 9.00. The third-order valence-electron chi connectivity index (χ3n) is 0. The van der Waals surface area contributed by atoms with E-state index in [0.29, 0.717) is 0 Å². The molecule has 0 aliphatic carbocycles. The predicted molar refractivity (Wildman–Crippen MR) is 13.8 cm³/mol. The normalized spacial score (nSPS) is 3.43. The van der Waals surface area contributed by atoms with E-state index in [0.717, 1.165) is 0 Å². The number of carbonyl (C=O) groups is 1. The molecule has 2 amide bonds. The fraction of sp³-hybridized carbons (Fsp3) is 0. The predicted octanol–water partition coefficient (Wildman–Crippen LogP) is -6.97. The molecule has 0 unspecified atom stereocenters. The van der Waals surface area contributed by atoms with Crippen molar-refractivity contribution in [1.82, 2.24) is 0 Å². The van der Waals surface area contributed by atoms with Crippen LogP contribution in [0.4, 0.5) is 4.79 Å². The van der Waals surface area contributed by atoms with Crippen molar-refractivity contribution in [2.45, 2.75) is 0 Å². The van der Waals surface area contributed by atoms with Gasteiger partial charge in [-0.25, -0.2) is 4.79 Å². The van der Waals surface area contributed by atoms with Crippen molar-refractivity contribution in [3.8, 4) is 0 Å². The molecular formula is CH4Cl2N2OZn. The average Bonchev–Trinajstić information content (AvgIpc) is 0.811. The largest absolute Gasteiger partial charge is 2.00 e. The number of halogens is 2. The Morgan fingerprint density at radius 2 is 1.14 bits per heavy atom. The van der Waals surface area contributed by atoms with Crippen molar-refractivity contribution < 1.29 is 49.1 Å². The number of amides is 2. The van der Waals surface area contributed by atoms with Crippen LogP contribution in [-0.2, 0) is 19.5 Å². The summed E-state index contributed by atoms with van der Waals surface area (Å²) >= 11 is 0. The molecule has 0 aliphatic heterocycles. The molecule has 0 bridgehead atoms. The van der Waals surface area contributed by atoms with Gasteiger partial charge >= 0.3 is 25.5 Å². The summed E-state index contributed by atoms with van der Waals surface area (Å²) in [5, 5.41) is 0. The molecule has 6 heteroatoms. The van der Waals surface area contributed by atoms with E-state index in [1.54, 1.807) is 0 Å². The Kier molecular flexibility index (Phi) is 59.6. The number of hydrogen-bond acceptors (Lipinski definition) is 1. The van der Waals surface area contributed by atoms with Crippen molar-refractivity contribution in [3.63, 3.8) is 0 Å². The Hall–Kier alpha value is 0.473. The summed E-state index contributed by atoms with van der Waals surface area (Å²) in [6.07, 6.45) is 0. The Bertz CT molecular complexity index is 38.7. The zero-order chi connectivity index (χ0) is 3.58. The van der Waals surface area contributed by atoms with Gasteiger partial charge in [0.05, 0.1) is 0 Å². The van der Waals surface area contributed by atoms with Crippen molar-refractivity contribution in [2.75, 3.05) is 0 Å². The molecule has 0 radical (unpaired) electrons. The molecule has 0 saturated carbocycles. The quantitative estimate of drug-likeness (QED) is 0.372. The fourth-order valence-corrected chi connectivity index (χ4v) is 0. The minimum Gasteiger partial charge on any atom is -1.00 e. The molecule has 0 saturated heterocycles. The molecular weight excluding hydrogens is 192 g/mol. The standard InChI is InChI=1S/CH4N2O.2ClH.Zn/c2-1(3)4;;;/h(H4,2,3,4);2*1H;/q;;;+2/p-2. The first-order chi connectivity index (χ1) is 1.73. The third kappa shape index (κ3) is 578. The van der Waals surface area contributed by atoms with Crippen LogP contribution in [0.5, 0.6) is 0 Å². The number of primary amides is 2. The van der Waals surface area contributed by atoms with Crippen LogP contribution in [-0.4, -0.2) is 6.03 Å². The molecule has 0 aromatic rings. The Morgan fingerprint density at radius 3 is 1.14 bits per heavy atom. The Labute approximate surface area is 66.8 Å². The van der Waals surface area contributed by atoms with Gasteiger partial charge in [-0.2, -0.15) is 0 Å². The zero-order valence-electron chi connectivity index (χ0n) is 3.53. The smallest absolute Gasteiger partial charge is 1.00 e. The number of nitrogens with two attached hydrogens (primary N) is 2. The Balaban J connectivity index is -0.0000000150. The number of rotatable bonds is 0. The van der Waals surface area contributed by atoms with E-state index < -0.39 is 6.03 Å². The van der Waals surface area contributed by atoms with E-state index in [4.69, 9.17) is 4.79 Å². The average molecular weight is 196 g/mol. The van der Waals surface area contributed by atoms with Crippen LogP contribution in [0.15, 0.2) is 0 Å². The molecule has 3 nitrogen and oxygen atoms in total. The van der Waals surface area contributed by atoms with Crippen LogP contribution in [0.25, 0.3) is 0 Å². The molecule has 7 heavy (non-hydrogen) atoms. The summed E-state index contributed by atoms with van der Waals surface area (Å²) < 4.78 is 0. The number of urea groups is 1. The molecule has 0 aromatic heterocycles. The van der Waals surface area contributed by atoms with E-state index in [2.05, 4.69) is 11.5 Å². The Morgan fingerprint density at radius 1 is 1.14 bits per heavy atom. The molecule has 4 N–H and O–H groups in total. The van der Waals surface area contributed by atoms with E-state index in [1.807, 2.05) is 0 Å². The summed E-state index contributed by atoms with van der Waals surface area (Å²) in [5.41, 5.74) is 8.50. The van der Waals surface area contributed by atoms with E-state index in [1.165, 1.54) is 0 Å². The van der Waals surface area contributed by atoms with Gasteiger partial charge in [-0.05, 0) is 0 Å². The number of carbonyl (C=O) groups excluding carboxylic acids is 1. The summed E-state index contributed by atoms with van der Waals surface area (Å²) in [6.45, 7) is 0. The second kappa shape index (κ2) is 16.1. The summed E-state index contributed by atoms with van der Waals surface area (Å²) in [4.78, 5) is 9.00. The van der Waals surface area contributed by atoms with Crippen molar-refractivity contribution in [1.29, 1.82) is 0 Å². The van der Waals surface area contributed by atoms with Gasteiger partial charge in [-0.3, -0.25) is 0 Å². The molecule has 0 atom stereocenters. The second-order valence-corrected chi connectivity index (χ2v) is 0.402. The molecule has 0 aliphatic rings. The molecule has 40 valence electrons. The van der Waals surface area contributed by atoms with Crippen molar-refractivity contribution in [3.05, 3.63) is 0 Å². The van der Waals surface area contributed by atoms with Gasteiger partial charge in [0, 0.05) is 0 Å². The second-order valence-electron chi connectivity index (χ2n) is 0.402. The maximum absolute atomic E-state index is 9.00. The maximum Gasteiger partial charge on any atom is 2.00 e. The molecule has 0 aromatic carbocycles. The van der Waals surface area contributed by atoms with Crippen LogP contribution in [0, 0.1) is 0 Å². The first-order valence-corrected chi connectivity index (χ1v) is 0.781. The molecule has 0 spiro atoms. The third-order valence-corrected chi connectivity index (χ3v) is 0. The van der Waals surface area contributed by atoms with E-state index in [-0.39, 0.29) is 44.3 Å². The van der Waals surface area contributed by atoms with Crippen LogP contribution in [0.2, 0.25) is 0 Å². The monoisotopic (exact) mass is 194 g/mol. The SMILES string of the molecule is NC(N)=O.[Cl-].[Cl-].[Zn+2]. The van der Waals surface area contributed by atoms with Gasteiger partial charge in [0.1, 0.15) is 0 Å². The van der Waals surface area contributed by atoms with Crippen molar-refractivity contribution in [2.24, 2.45) is 11.5 Å². The van der Waals surface area contributed by atoms with Crippen LogP contribution in [0.1, 0.15) is 0 Å². The molecule has 0 heterocycles. The van der Waals surface area contributed by atoms with Crippen LogP contribution in [0.3, 0.4) is 0 Å². The zero-order valence-corrected chi connectivity index (χ0v) is 8.00. The van der Waals surface area contributed by atoms with Gasteiger partial charge in [-0.1, -0.05) is 0 Å². The minimum absolute atomic E-state index is 0. The van der Waals surface area contributed by atoms with Gasteiger partial charge < -0.3 is 36.3 Å². The minimum atomic E-state index is -0.833. The van der Waals surface area contributed by atoms with Crippen LogP contribution >= 0.6 is 0 Å². The first kappa shape index (κ1) is 26.0. The topological polar surface area (TPSA) is 69.1 Å². The summed E-state index contributed by atoms with van der Waals surface area (Å²) in [6, 6.07) is -0.833. The summed E-state index contributed by atoms with van der Waals surface area (Å²) in [5.74, 6) is 0. The van der Waals surface area contributed by atoms with Gasteiger partial charge in [0.2, 0.25) is 0 Å². The van der Waals surface area contributed by atoms with Crippen molar-refractivity contribution >= 4 is 6.03 Å². The van der Waals surface area contributed by atoms with E-state index in [9.17, 15) is 0 Å².